The maximum atomic E-state index is 4.22. The van der Waals surface area contributed by atoms with Gasteiger partial charge in [-0.2, -0.15) is 5.10 Å². The van der Waals surface area contributed by atoms with Crippen LogP contribution in [0.25, 0.3) is 0 Å². The molecular weight excluding hydrogens is 192 g/mol. The number of aromatic nitrogens is 5. The van der Waals surface area contributed by atoms with E-state index >= 15 is 0 Å². The second kappa shape index (κ2) is 4.50. The van der Waals surface area contributed by atoms with Crippen LogP contribution in [-0.4, -0.2) is 31.7 Å². The highest BCUT2D eigenvalue weighted by Crippen LogP contribution is 1.98. The van der Waals surface area contributed by atoms with Gasteiger partial charge in [-0.15, -0.1) is 0 Å². The third-order valence-electron chi connectivity index (χ3n) is 1.90. The maximum Gasteiger partial charge on any atom is 0.222 e. The monoisotopic (exact) mass is 204 g/mol. The van der Waals surface area contributed by atoms with E-state index in [4.69, 9.17) is 0 Å². The topological polar surface area (TPSA) is 79.4 Å². The summed E-state index contributed by atoms with van der Waals surface area (Å²) in [6.07, 6.45) is 4.01. The molecule has 15 heavy (non-hydrogen) atoms. The van der Waals surface area contributed by atoms with Crippen LogP contribution in [0.1, 0.15) is 11.5 Å². The fourth-order valence-electron chi connectivity index (χ4n) is 1.18. The van der Waals surface area contributed by atoms with Crippen molar-refractivity contribution < 1.29 is 0 Å². The van der Waals surface area contributed by atoms with Gasteiger partial charge in [0.25, 0.3) is 0 Å². The van der Waals surface area contributed by atoms with Crippen molar-refractivity contribution >= 4 is 5.95 Å². The third-order valence-corrected chi connectivity index (χ3v) is 1.90. The van der Waals surface area contributed by atoms with E-state index in [2.05, 4.69) is 30.5 Å². The molecule has 0 aliphatic carbocycles. The zero-order valence-corrected chi connectivity index (χ0v) is 8.44. The van der Waals surface area contributed by atoms with E-state index in [1.807, 2.05) is 13.0 Å². The predicted octanol–water partition coefficient (Wildman–Crippen LogP) is 0.558. The Bertz CT molecular complexity index is 410. The van der Waals surface area contributed by atoms with Gasteiger partial charge in [-0.3, -0.25) is 5.10 Å². The summed E-state index contributed by atoms with van der Waals surface area (Å²) in [7, 11) is 0. The summed E-state index contributed by atoms with van der Waals surface area (Å²) in [6, 6.07) is 1.86. The summed E-state index contributed by atoms with van der Waals surface area (Å²) < 4.78 is 0. The average molecular weight is 204 g/mol. The molecule has 0 aliphatic rings. The lowest BCUT2D eigenvalue weighted by Crippen LogP contribution is -2.09. The molecule has 0 bridgehead atoms. The van der Waals surface area contributed by atoms with E-state index in [0.717, 1.165) is 24.5 Å². The largest absolute Gasteiger partial charge is 0.354 e. The van der Waals surface area contributed by atoms with Gasteiger partial charge in [0.15, 0.2) is 0 Å². The van der Waals surface area contributed by atoms with E-state index in [1.165, 1.54) is 6.33 Å². The molecular formula is C9H12N6. The van der Waals surface area contributed by atoms with E-state index in [1.54, 1.807) is 6.20 Å². The van der Waals surface area contributed by atoms with Gasteiger partial charge in [-0.25, -0.2) is 15.0 Å². The molecule has 0 aromatic carbocycles. The first kappa shape index (κ1) is 9.57. The van der Waals surface area contributed by atoms with Gasteiger partial charge in [-0.05, 0) is 13.0 Å². The lowest BCUT2D eigenvalue weighted by molar-refractivity contribution is 0.888. The molecule has 78 valence electrons. The third kappa shape index (κ3) is 2.73. The van der Waals surface area contributed by atoms with Gasteiger partial charge in [0.1, 0.15) is 12.2 Å². The minimum Gasteiger partial charge on any atom is -0.354 e. The van der Waals surface area contributed by atoms with Crippen molar-refractivity contribution in [2.75, 3.05) is 11.9 Å². The Kier molecular flexibility index (Phi) is 2.87. The molecule has 2 rings (SSSR count). The van der Waals surface area contributed by atoms with Crippen LogP contribution in [0.2, 0.25) is 0 Å². The molecule has 6 heteroatoms. The summed E-state index contributed by atoms with van der Waals surface area (Å²) in [5.74, 6) is 1.50. The Balaban J connectivity index is 1.83. The highest BCUT2D eigenvalue weighted by molar-refractivity contribution is 5.24. The number of hydrogen-bond donors (Lipinski definition) is 2. The SMILES string of the molecule is Cc1ccnc(NCCc2ncn[nH]2)n1. The Morgan fingerprint density at radius 3 is 3.07 bits per heavy atom. The first-order valence-corrected chi connectivity index (χ1v) is 4.72. The number of aryl methyl sites for hydroxylation is 1. The summed E-state index contributed by atoms with van der Waals surface area (Å²) >= 11 is 0. The van der Waals surface area contributed by atoms with Crippen LogP contribution in [0.15, 0.2) is 18.6 Å². The zero-order chi connectivity index (χ0) is 10.5. The summed E-state index contributed by atoms with van der Waals surface area (Å²) in [6.45, 7) is 2.67. The molecule has 2 aromatic heterocycles. The standard InChI is InChI=1S/C9H12N6/c1-7-2-4-10-9(14-7)11-5-3-8-12-6-13-15-8/h2,4,6H,3,5H2,1H3,(H,10,11,14)(H,12,13,15). The van der Waals surface area contributed by atoms with Crippen molar-refractivity contribution in [2.24, 2.45) is 0 Å². The Morgan fingerprint density at radius 1 is 1.40 bits per heavy atom. The first-order valence-electron chi connectivity index (χ1n) is 4.72. The summed E-state index contributed by atoms with van der Waals surface area (Å²) in [5, 5.41) is 9.67. The van der Waals surface area contributed by atoms with Crippen molar-refractivity contribution in [3.05, 3.63) is 30.1 Å². The number of H-pyrrole nitrogens is 1. The van der Waals surface area contributed by atoms with Crippen molar-refractivity contribution in [3.8, 4) is 0 Å². The molecule has 2 aromatic rings. The molecule has 0 saturated heterocycles. The van der Waals surface area contributed by atoms with Crippen LogP contribution in [0, 0.1) is 6.92 Å². The van der Waals surface area contributed by atoms with Gasteiger partial charge in [0, 0.05) is 24.9 Å². The van der Waals surface area contributed by atoms with E-state index in [0.29, 0.717) is 5.95 Å². The number of rotatable bonds is 4. The maximum absolute atomic E-state index is 4.22. The molecule has 0 spiro atoms. The van der Waals surface area contributed by atoms with Crippen LogP contribution in [0.3, 0.4) is 0 Å². The fourth-order valence-corrected chi connectivity index (χ4v) is 1.18. The highest BCUT2D eigenvalue weighted by Gasteiger charge is 1.97. The van der Waals surface area contributed by atoms with Crippen molar-refractivity contribution in [3.63, 3.8) is 0 Å². The number of hydrogen-bond acceptors (Lipinski definition) is 5. The molecule has 0 atom stereocenters. The first-order chi connectivity index (χ1) is 7.34. The van der Waals surface area contributed by atoms with Crippen LogP contribution in [-0.2, 0) is 6.42 Å². The normalized spacial score (nSPS) is 10.2. The highest BCUT2D eigenvalue weighted by atomic mass is 15.2. The van der Waals surface area contributed by atoms with Gasteiger partial charge in [0.05, 0.1) is 0 Å². The van der Waals surface area contributed by atoms with Crippen molar-refractivity contribution in [1.82, 2.24) is 25.1 Å². The van der Waals surface area contributed by atoms with Crippen LogP contribution < -0.4 is 5.32 Å². The van der Waals surface area contributed by atoms with Crippen LogP contribution in [0.4, 0.5) is 5.95 Å². The number of anilines is 1. The Labute approximate surface area is 87.2 Å². The van der Waals surface area contributed by atoms with Crippen molar-refractivity contribution in [2.45, 2.75) is 13.3 Å². The molecule has 2 N–H and O–H groups in total. The number of nitrogens with one attached hydrogen (secondary N) is 2. The molecule has 0 fully saturated rings. The van der Waals surface area contributed by atoms with Gasteiger partial charge in [0.2, 0.25) is 5.95 Å². The minimum absolute atomic E-state index is 0.648. The molecule has 2 heterocycles. The smallest absolute Gasteiger partial charge is 0.222 e. The molecule has 6 nitrogen and oxygen atoms in total. The van der Waals surface area contributed by atoms with E-state index in [-0.39, 0.29) is 0 Å². The van der Waals surface area contributed by atoms with Gasteiger partial charge in [-0.1, -0.05) is 0 Å². The second-order valence-electron chi connectivity index (χ2n) is 3.13. The lowest BCUT2D eigenvalue weighted by atomic mass is 10.4. The van der Waals surface area contributed by atoms with Gasteiger partial charge >= 0.3 is 0 Å². The quantitative estimate of drug-likeness (QED) is 0.760. The van der Waals surface area contributed by atoms with E-state index < -0.39 is 0 Å². The molecule has 0 amide bonds. The average Bonchev–Trinajstić information content (AvgIpc) is 2.71. The molecule has 0 radical (unpaired) electrons. The predicted molar refractivity (Wildman–Crippen MR) is 55.3 cm³/mol. The lowest BCUT2D eigenvalue weighted by Gasteiger charge is -2.02. The fraction of sp³-hybridized carbons (Fsp3) is 0.333. The second-order valence-corrected chi connectivity index (χ2v) is 3.13. The summed E-state index contributed by atoms with van der Waals surface area (Å²) in [5.41, 5.74) is 0.951. The van der Waals surface area contributed by atoms with E-state index in [9.17, 15) is 0 Å². The Hall–Kier alpha value is -1.98. The molecule has 0 unspecified atom stereocenters. The zero-order valence-electron chi connectivity index (χ0n) is 8.44. The summed E-state index contributed by atoms with van der Waals surface area (Å²) in [4.78, 5) is 12.3. The van der Waals surface area contributed by atoms with Crippen molar-refractivity contribution in [1.29, 1.82) is 0 Å². The number of nitrogens with zero attached hydrogens (tertiary/aromatic N) is 4. The number of aromatic amines is 1. The minimum atomic E-state index is 0.648. The van der Waals surface area contributed by atoms with Crippen LogP contribution in [0.5, 0.6) is 0 Å². The van der Waals surface area contributed by atoms with Gasteiger partial charge < -0.3 is 5.32 Å². The molecule has 0 saturated carbocycles. The Morgan fingerprint density at radius 2 is 2.33 bits per heavy atom. The molecule has 0 aliphatic heterocycles. The van der Waals surface area contributed by atoms with Crippen LogP contribution >= 0.6 is 0 Å².